The van der Waals surface area contributed by atoms with Gasteiger partial charge in [0, 0.05) is 30.4 Å². The Bertz CT molecular complexity index is 1430. The van der Waals surface area contributed by atoms with E-state index in [1.54, 1.807) is 17.8 Å². The SMILES string of the molecule is Cc1ccc(NC(=O)C23CC(c4ccccc4)(C2)C3)nc1-c1cn(C)c(=O)c2[nH]ccc12. The van der Waals surface area contributed by atoms with Crippen LogP contribution in [-0.4, -0.2) is 20.4 Å². The van der Waals surface area contributed by atoms with E-state index in [4.69, 9.17) is 4.98 Å². The summed E-state index contributed by atoms with van der Waals surface area (Å²) < 4.78 is 1.56. The molecule has 1 aromatic carbocycles. The molecular formula is C26H24N4O2. The van der Waals surface area contributed by atoms with Gasteiger partial charge in [0.25, 0.3) is 5.56 Å². The Hall–Kier alpha value is -3.67. The molecule has 0 radical (unpaired) electrons. The molecule has 160 valence electrons. The monoisotopic (exact) mass is 424 g/mol. The Balaban J connectivity index is 1.28. The molecule has 7 rings (SSSR count). The molecule has 3 aliphatic carbocycles. The predicted molar refractivity (Wildman–Crippen MR) is 125 cm³/mol. The van der Waals surface area contributed by atoms with Gasteiger partial charge in [-0.1, -0.05) is 36.4 Å². The number of hydrogen-bond donors (Lipinski definition) is 2. The third kappa shape index (κ3) is 2.55. The van der Waals surface area contributed by atoms with Crippen LogP contribution in [-0.2, 0) is 17.3 Å². The lowest BCUT2D eigenvalue weighted by molar-refractivity contribution is -0.170. The molecule has 0 spiro atoms. The van der Waals surface area contributed by atoms with E-state index in [1.807, 2.05) is 37.4 Å². The van der Waals surface area contributed by atoms with Gasteiger partial charge in [0.05, 0.1) is 11.1 Å². The normalized spacial score (nSPS) is 23.4. The molecule has 1 amide bonds. The lowest BCUT2D eigenvalue weighted by Crippen LogP contribution is -2.69. The number of amides is 1. The van der Waals surface area contributed by atoms with Crippen molar-refractivity contribution in [3.63, 3.8) is 0 Å². The molecule has 3 heterocycles. The van der Waals surface area contributed by atoms with Gasteiger partial charge in [0.2, 0.25) is 5.91 Å². The molecule has 2 N–H and O–H groups in total. The highest BCUT2D eigenvalue weighted by molar-refractivity contribution is 5.99. The van der Waals surface area contributed by atoms with E-state index in [1.165, 1.54) is 5.56 Å². The van der Waals surface area contributed by atoms with E-state index in [0.29, 0.717) is 11.3 Å². The first-order valence-corrected chi connectivity index (χ1v) is 10.9. The summed E-state index contributed by atoms with van der Waals surface area (Å²) in [4.78, 5) is 33.4. The number of aryl methyl sites for hydroxylation is 2. The van der Waals surface area contributed by atoms with Crippen molar-refractivity contribution in [1.82, 2.24) is 14.5 Å². The first-order valence-electron chi connectivity index (χ1n) is 10.9. The molecule has 2 bridgehead atoms. The molecular weight excluding hydrogens is 400 g/mol. The van der Waals surface area contributed by atoms with E-state index in [2.05, 4.69) is 34.6 Å². The van der Waals surface area contributed by atoms with Crippen molar-refractivity contribution >= 4 is 22.6 Å². The van der Waals surface area contributed by atoms with Crippen molar-refractivity contribution in [3.05, 3.63) is 82.4 Å². The zero-order valence-corrected chi connectivity index (χ0v) is 18.1. The largest absolute Gasteiger partial charge is 0.357 e. The summed E-state index contributed by atoms with van der Waals surface area (Å²) in [6.45, 7) is 1.99. The molecule has 0 aliphatic heterocycles. The number of benzene rings is 1. The van der Waals surface area contributed by atoms with Crippen molar-refractivity contribution < 1.29 is 4.79 Å². The molecule has 3 fully saturated rings. The average molecular weight is 425 g/mol. The third-order valence-corrected chi connectivity index (χ3v) is 7.39. The van der Waals surface area contributed by atoms with Gasteiger partial charge < -0.3 is 14.9 Å². The second kappa shape index (κ2) is 6.42. The highest BCUT2D eigenvalue weighted by atomic mass is 16.2. The van der Waals surface area contributed by atoms with Crippen LogP contribution in [0.2, 0.25) is 0 Å². The van der Waals surface area contributed by atoms with E-state index in [9.17, 15) is 9.59 Å². The highest BCUT2D eigenvalue weighted by Gasteiger charge is 2.71. The molecule has 6 heteroatoms. The van der Waals surface area contributed by atoms with Gasteiger partial charge >= 0.3 is 0 Å². The van der Waals surface area contributed by atoms with E-state index < -0.39 is 0 Å². The van der Waals surface area contributed by atoms with Crippen LogP contribution in [0.4, 0.5) is 5.82 Å². The molecule has 3 aliphatic rings. The van der Waals surface area contributed by atoms with Gasteiger partial charge in [-0.15, -0.1) is 0 Å². The smallest absolute Gasteiger partial charge is 0.274 e. The molecule has 0 atom stereocenters. The number of rotatable bonds is 4. The Morgan fingerprint density at radius 1 is 1.09 bits per heavy atom. The summed E-state index contributed by atoms with van der Waals surface area (Å²) in [5.74, 6) is 0.608. The zero-order valence-electron chi connectivity index (χ0n) is 18.1. The maximum Gasteiger partial charge on any atom is 0.274 e. The minimum atomic E-state index is -0.271. The number of hydrogen-bond acceptors (Lipinski definition) is 3. The number of nitrogens with one attached hydrogen (secondary N) is 2. The molecule has 3 aromatic heterocycles. The fourth-order valence-electron chi connectivity index (χ4n) is 5.70. The van der Waals surface area contributed by atoms with E-state index in [0.717, 1.165) is 41.5 Å². The van der Waals surface area contributed by atoms with E-state index in [-0.39, 0.29) is 22.3 Å². The summed E-state index contributed by atoms with van der Waals surface area (Å²) in [6.07, 6.45) is 6.28. The Morgan fingerprint density at radius 2 is 1.84 bits per heavy atom. The molecule has 32 heavy (non-hydrogen) atoms. The standard InChI is InChI=1S/C26H24N4O2/c1-16-8-9-20(28-21(16)19-12-30(2)23(31)22-18(19)10-11-27-22)29-24(32)26-13-25(14-26,15-26)17-6-4-3-5-7-17/h3-12,27H,13-15H2,1-2H3,(H,28,29,32). The van der Waals surface area contributed by atoms with Gasteiger partial charge in [-0.3, -0.25) is 9.59 Å². The number of carbonyl (C=O) groups is 1. The number of H-pyrrole nitrogens is 1. The molecule has 0 saturated heterocycles. The van der Waals surface area contributed by atoms with Crippen LogP contribution in [0, 0.1) is 12.3 Å². The topological polar surface area (TPSA) is 79.8 Å². The van der Waals surface area contributed by atoms with Crippen molar-refractivity contribution in [2.75, 3.05) is 5.32 Å². The van der Waals surface area contributed by atoms with Crippen molar-refractivity contribution in [3.8, 4) is 11.3 Å². The number of carbonyl (C=O) groups excluding carboxylic acids is 1. The summed E-state index contributed by atoms with van der Waals surface area (Å²) in [5, 5.41) is 3.90. The summed E-state index contributed by atoms with van der Waals surface area (Å²) in [7, 11) is 1.73. The second-order valence-electron chi connectivity index (χ2n) is 9.50. The third-order valence-electron chi connectivity index (χ3n) is 7.39. The van der Waals surface area contributed by atoms with Crippen molar-refractivity contribution in [1.29, 1.82) is 0 Å². The Kier molecular flexibility index (Phi) is 3.82. The highest BCUT2D eigenvalue weighted by Crippen LogP contribution is 2.73. The van der Waals surface area contributed by atoms with Crippen LogP contribution in [0.15, 0.2) is 65.7 Å². The van der Waals surface area contributed by atoms with Crippen molar-refractivity contribution in [2.45, 2.75) is 31.6 Å². The quantitative estimate of drug-likeness (QED) is 0.513. The number of aromatic nitrogens is 3. The lowest BCUT2D eigenvalue weighted by Gasteiger charge is -2.69. The average Bonchev–Trinajstić information content (AvgIpc) is 3.21. The van der Waals surface area contributed by atoms with Crippen LogP contribution in [0.3, 0.4) is 0 Å². The first kappa shape index (κ1) is 19.0. The van der Waals surface area contributed by atoms with Gasteiger partial charge in [-0.25, -0.2) is 4.98 Å². The molecule has 4 aromatic rings. The van der Waals surface area contributed by atoms with Crippen molar-refractivity contribution in [2.24, 2.45) is 12.5 Å². The predicted octanol–water partition coefficient (Wildman–Crippen LogP) is 4.30. The van der Waals surface area contributed by atoms with Gasteiger partial charge in [-0.05, 0) is 54.9 Å². The first-order chi connectivity index (χ1) is 15.4. The number of nitrogens with zero attached hydrogens (tertiary/aromatic N) is 2. The lowest BCUT2D eigenvalue weighted by atomic mass is 9.33. The Labute approximate surface area is 185 Å². The minimum Gasteiger partial charge on any atom is -0.357 e. The van der Waals surface area contributed by atoms with Crippen LogP contribution in [0.5, 0.6) is 0 Å². The van der Waals surface area contributed by atoms with E-state index >= 15 is 0 Å². The fourth-order valence-corrected chi connectivity index (χ4v) is 5.70. The number of pyridine rings is 2. The van der Waals surface area contributed by atoms with Crippen LogP contribution in [0.1, 0.15) is 30.4 Å². The molecule has 6 nitrogen and oxygen atoms in total. The maximum absolute atomic E-state index is 13.1. The molecule has 0 unspecified atom stereocenters. The number of anilines is 1. The van der Waals surface area contributed by atoms with Gasteiger partial charge in [-0.2, -0.15) is 0 Å². The van der Waals surface area contributed by atoms with Crippen LogP contribution >= 0.6 is 0 Å². The Morgan fingerprint density at radius 3 is 2.59 bits per heavy atom. The second-order valence-corrected chi connectivity index (χ2v) is 9.50. The maximum atomic E-state index is 13.1. The molecule has 3 saturated carbocycles. The number of aromatic amines is 1. The van der Waals surface area contributed by atoms with Crippen LogP contribution in [0.25, 0.3) is 22.2 Å². The fraction of sp³-hybridized carbons (Fsp3) is 0.269. The minimum absolute atomic E-state index is 0.0601. The number of fused-ring (bicyclic) bond motifs is 1. The van der Waals surface area contributed by atoms with Gasteiger partial charge in [0.15, 0.2) is 0 Å². The zero-order chi connectivity index (χ0) is 22.1. The summed E-state index contributed by atoms with van der Waals surface area (Å²) in [5.41, 5.74) is 4.35. The summed E-state index contributed by atoms with van der Waals surface area (Å²) >= 11 is 0. The van der Waals surface area contributed by atoms with Gasteiger partial charge in [0.1, 0.15) is 11.3 Å². The summed E-state index contributed by atoms with van der Waals surface area (Å²) in [6, 6.07) is 16.2. The van der Waals surface area contributed by atoms with Crippen LogP contribution < -0.4 is 10.9 Å².